The monoisotopic (exact) mass is 368 g/mol. The lowest BCUT2D eigenvalue weighted by Crippen LogP contribution is -2.45. The molecule has 1 atom stereocenters. The lowest BCUT2D eigenvalue weighted by molar-refractivity contribution is -0.136. The van der Waals surface area contributed by atoms with E-state index in [2.05, 4.69) is 5.32 Å². The van der Waals surface area contributed by atoms with Crippen molar-refractivity contribution in [3.8, 4) is 11.1 Å². The van der Waals surface area contributed by atoms with Crippen molar-refractivity contribution >= 4 is 11.8 Å². The zero-order valence-electron chi connectivity index (χ0n) is 15.6. The molecule has 1 N–H and O–H groups in total. The summed E-state index contributed by atoms with van der Waals surface area (Å²) in [5, 5.41) is 2.94. The number of halogens is 1. The van der Waals surface area contributed by atoms with Crippen molar-refractivity contribution in [1.29, 1.82) is 0 Å². The quantitative estimate of drug-likeness (QED) is 0.793. The molecule has 0 aliphatic carbocycles. The summed E-state index contributed by atoms with van der Waals surface area (Å²) >= 11 is 0. The minimum atomic E-state index is -0.317. The van der Waals surface area contributed by atoms with E-state index in [1.165, 1.54) is 13.0 Å². The van der Waals surface area contributed by atoms with Crippen LogP contribution in [0.2, 0.25) is 0 Å². The Morgan fingerprint density at radius 2 is 1.89 bits per heavy atom. The van der Waals surface area contributed by atoms with Gasteiger partial charge in [-0.1, -0.05) is 42.5 Å². The lowest BCUT2D eigenvalue weighted by atomic mass is 10.0. The highest BCUT2D eigenvalue weighted by Crippen LogP contribution is 2.23. The number of hydrogen-bond donors (Lipinski definition) is 1. The standard InChI is InChI=1S/C22H25FN2O2/c1-16(26)25-15-5-9-21(25)22(27)24-14-4-6-17-10-12-18(13-11-17)19-7-2-3-8-20(19)23/h2-3,7-8,10-13,21H,4-6,9,14-15H2,1H3,(H,24,27). The first kappa shape index (κ1) is 19.1. The second kappa shape index (κ2) is 8.80. The molecule has 0 saturated carbocycles. The van der Waals surface area contributed by atoms with Gasteiger partial charge in [0.15, 0.2) is 0 Å². The van der Waals surface area contributed by atoms with Crippen LogP contribution in [0.25, 0.3) is 11.1 Å². The molecule has 0 aromatic heterocycles. The van der Waals surface area contributed by atoms with Crippen molar-refractivity contribution in [2.75, 3.05) is 13.1 Å². The lowest BCUT2D eigenvalue weighted by Gasteiger charge is -2.22. The van der Waals surface area contributed by atoms with Gasteiger partial charge >= 0.3 is 0 Å². The van der Waals surface area contributed by atoms with Gasteiger partial charge in [0, 0.05) is 25.6 Å². The van der Waals surface area contributed by atoms with Crippen LogP contribution in [-0.4, -0.2) is 35.8 Å². The minimum absolute atomic E-state index is 0.0393. The summed E-state index contributed by atoms with van der Waals surface area (Å²) in [5.41, 5.74) is 2.61. The highest BCUT2D eigenvalue weighted by molar-refractivity contribution is 5.87. The van der Waals surface area contributed by atoms with Gasteiger partial charge in [0.1, 0.15) is 11.9 Å². The van der Waals surface area contributed by atoms with Gasteiger partial charge in [-0.25, -0.2) is 4.39 Å². The molecule has 0 bridgehead atoms. The summed E-state index contributed by atoms with van der Waals surface area (Å²) in [4.78, 5) is 25.5. The fourth-order valence-electron chi connectivity index (χ4n) is 3.58. The van der Waals surface area contributed by atoms with Gasteiger partial charge < -0.3 is 10.2 Å². The van der Waals surface area contributed by atoms with E-state index >= 15 is 0 Å². The van der Waals surface area contributed by atoms with E-state index in [1.807, 2.05) is 30.3 Å². The van der Waals surface area contributed by atoms with Crippen LogP contribution in [0, 0.1) is 5.82 Å². The molecule has 0 spiro atoms. The fraction of sp³-hybridized carbons (Fsp3) is 0.364. The highest BCUT2D eigenvalue weighted by atomic mass is 19.1. The van der Waals surface area contributed by atoms with Crippen LogP contribution in [0.1, 0.15) is 31.7 Å². The molecule has 1 saturated heterocycles. The van der Waals surface area contributed by atoms with Gasteiger partial charge in [-0.15, -0.1) is 0 Å². The Balaban J connectivity index is 1.46. The van der Waals surface area contributed by atoms with Crippen LogP contribution in [0.3, 0.4) is 0 Å². The number of nitrogens with zero attached hydrogens (tertiary/aromatic N) is 1. The molecule has 1 aliphatic heterocycles. The molecule has 3 rings (SSSR count). The van der Waals surface area contributed by atoms with E-state index in [1.54, 1.807) is 17.0 Å². The first-order valence-corrected chi connectivity index (χ1v) is 9.45. The molecule has 5 heteroatoms. The third-order valence-corrected chi connectivity index (χ3v) is 5.04. The summed E-state index contributed by atoms with van der Waals surface area (Å²) in [6, 6.07) is 14.3. The van der Waals surface area contributed by atoms with E-state index in [0.29, 0.717) is 18.7 Å². The van der Waals surface area contributed by atoms with Crippen LogP contribution in [0.5, 0.6) is 0 Å². The molecule has 2 amide bonds. The molecule has 1 fully saturated rings. The molecule has 2 aromatic carbocycles. The zero-order valence-corrected chi connectivity index (χ0v) is 15.6. The van der Waals surface area contributed by atoms with Crippen molar-refractivity contribution in [3.63, 3.8) is 0 Å². The Kier molecular flexibility index (Phi) is 6.22. The number of likely N-dealkylation sites (tertiary alicyclic amines) is 1. The number of carbonyl (C=O) groups is 2. The summed E-state index contributed by atoms with van der Waals surface area (Å²) in [5.74, 6) is -0.320. The SMILES string of the molecule is CC(=O)N1CCCC1C(=O)NCCCc1ccc(-c2ccccc2F)cc1. The Hall–Kier alpha value is -2.69. The number of nitrogens with one attached hydrogen (secondary N) is 1. The third-order valence-electron chi connectivity index (χ3n) is 5.04. The summed E-state index contributed by atoms with van der Waals surface area (Å²) in [7, 11) is 0. The molecular formula is C22H25FN2O2. The molecule has 0 radical (unpaired) electrons. The van der Waals surface area contributed by atoms with Gasteiger partial charge in [-0.05, 0) is 42.9 Å². The van der Waals surface area contributed by atoms with E-state index in [-0.39, 0.29) is 23.7 Å². The van der Waals surface area contributed by atoms with Gasteiger partial charge in [0.25, 0.3) is 0 Å². The molecule has 1 aliphatic rings. The Labute approximate surface area is 159 Å². The van der Waals surface area contributed by atoms with E-state index in [4.69, 9.17) is 0 Å². The summed E-state index contributed by atoms with van der Waals surface area (Å²) < 4.78 is 13.8. The third kappa shape index (κ3) is 4.73. The fourth-order valence-corrected chi connectivity index (χ4v) is 3.58. The molecule has 1 heterocycles. The first-order chi connectivity index (χ1) is 13.1. The molecule has 142 valence electrons. The second-order valence-corrected chi connectivity index (χ2v) is 6.94. The summed E-state index contributed by atoms with van der Waals surface area (Å²) in [6.45, 7) is 2.76. The van der Waals surface area contributed by atoms with Gasteiger partial charge in [-0.2, -0.15) is 0 Å². The molecule has 2 aromatic rings. The Morgan fingerprint density at radius 1 is 1.15 bits per heavy atom. The van der Waals surface area contributed by atoms with E-state index < -0.39 is 0 Å². The van der Waals surface area contributed by atoms with Crippen LogP contribution in [0.4, 0.5) is 4.39 Å². The Morgan fingerprint density at radius 3 is 2.59 bits per heavy atom. The number of benzene rings is 2. The normalized spacial score (nSPS) is 16.4. The molecule has 1 unspecified atom stereocenters. The van der Waals surface area contributed by atoms with Crippen LogP contribution in [-0.2, 0) is 16.0 Å². The van der Waals surface area contributed by atoms with Crippen molar-refractivity contribution in [3.05, 3.63) is 59.9 Å². The van der Waals surface area contributed by atoms with Crippen LogP contribution >= 0.6 is 0 Å². The van der Waals surface area contributed by atoms with Crippen LogP contribution < -0.4 is 5.32 Å². The van der Waals surface area contributed by atoms with Gasteiger partial charge in [0.2, 0.25) is 11.8 Å². The molecule has 4 nitrogen and oxygen atoms in total. The molecule has 27 heavy (non-hydrogen) atoms. The number of hydrogen-bond acceptors (Lipinski definition) is 2. The number of amides is 2. The van der Waals surface area contributed by atoms with Gasteiger partial charge in [-0.3, -0.25) is 9.59 Å². The maximum absolute atomic E-state index is 13.8. The summed E-state index contributed by atoms with van der Waals surface area (Å²) in [6.07, 6.45) is 3.27. The minimum Gasteiger partial charge on any atom is -0.354 e. The van der Waals surface area contributed by atoms with E-state index in [9.17, 15) is 14.0 Å². The molecular weight excluding hydrogens is 343 g/mol. The highest BCUT2D eigenvalue weighted by Gasteiger charge is 2.31. The van der Waals surface area contributed by atoms with Crippen molar-refractivity contribution < 1.29 is 14.0 Å². The average Bonchev–Trinajstić information content (AvgIpc) is 3.16. The number of carbonyl (C=O) groups excluding carboxylic acids is 2. The van der Waals surface area contributed by atoms with Crippen molar-refractivity contribution in [2.45, 2.75) is 38.6 Å². The van der Waals surface area contributed by atoms with Gasteiger partial charge in [0.05, 0.1) is 0 Å². The Bertz CT molecular complexity index is 804. The zero-order chi connectivity index (χ0) is 19.2. The predicted octanol–water partition coefficient (Wildman–Crippen LogP) is 3.55. The average molecular weight is 368 g/mol. The van der Waals surface area contributed by atoms with Crippen molar-refractivity contribution in [1.82, 2.24) is 10.2 Å². The maximum Gasteiger partial charge on any atom is 0.242 e. The van der Waals surface area contributed by atoms with E-state index in [0.717, 1.165) is 36.8 Å². The maximum atomic E-state index is 13.8. The predicted molar refractivity (Wildman–Crippen MR) is 104 cm³/mol. The smallest absolute Gasteiger partial charge is 0.242 e. The topological polar surface area (TPSA) is 49.4 Å². The largest absolute Gasteiger partial charge is 0.354 e. The second-order valence-electron chi connectivity index (χ2n) is 6.94. The number of aryl methyl sites for hydroxylation is 1. The van der Waals surface area contributed by atoms with Crippen LogP contribution in [0.15, 0.2) is 48.5 Å². The first-order valence-electron chi connectivity index (χ1n) is 9.45. The van der Waals surface area contributed by atoms with Crippen molar-refractivity contribution in [2.24, 2.45) is 0 Å². The number of rotatable bonds is 6.